The second-order valence-corrected chi connectivity index (χ2v) is 8.50. The van der Waals surface area contributed by atoms with Gasteiger partial charge >= 0.3 is 0 Å². The molecule has 1 aliphatic heterocycles. The Hall–Kier alpha value is -3.94. The highest BCUT2D eigenvalue weighted by Crippen LogP contribution is 2.29. The number of carbonyl (C=O) groups excluding carboxylic acids is 1. The van der Waals surface area contributed by atoms with E-state index >= 15 is 0 Å². The molecule has 182 valence electrons. The van der Waals surface area contributed by atoms with E-state index in [9.17, 15) is 9.18 Å². The average molecular weight is 476 g/mol. The summed E-state index contributed by atoms with van der Waals surface area (Å²) in [6.07, 6.45) is 7.38. The predicted octanol–water partition coefficient (Wildman–Crippen LogP) is 5.02. The summed E-state index contributed by atoms with van der Waals surface area (Å²) in [5, 5.41) is 3.20. The predicted molar refractivity (Wildman–Crippen MR) is 135 cm³/mol. The number of ether oxygens (including phenoxy) is 1. The van der Waals surface area contributed by atoms with Crippen LogP contribution in [0.1, 0.15) is 49.6 Å². The van der Waals surface area contributed by atoms with Gasteiger partial charge in [-0.2, -0.15) is 0 Å². The lowest BCUT2D eigenvalue weighted by Crippen LogP contribution is -2.35. The summed E-state index contributed by atoms with van der Waals surface area (Å²) >= 11 is 0. The molecule has 7 nitrogen and oxygen atoms in total. The number of methoxy groups -OCH3 is 1. The van der Waals surface area contributed by atoms with E-state index in [0.29, 0.717) is 24.0 Å². The zero-order valence-corrected chi connectivity index (χ0v) is 20.5. The molecule has 1 saturated heterocycles. The molecule has 1 aliphatic rings. The average Bonchev–Trinajstić information content (AvgIpc) is 3.42. The lowest BCUT2D eigenvalue weighted by Gasteiger charge is -2.24. The van der Waals surface area contributed by atoms with Gasteiger partial charge in [0.2, 0.25) is 5.96 Å². The number of nitrogens with zero attached hydrogens (tertiary/aromatic N) is 4. The molecule has 0 aliphatic carbocycles. The number of aliphatic imine (C=N–C) groups is 1. The van der Waals surface area contributed by atoms with Crippen molar-refractivity contribution in [3.05, 3.63) is 83.3 Å². The van der Waals surface area contributed by atoms with Crippen LogP contribution in [0.2, 0.25) is 0 Å². The van der Waals surface area contributed by atoms with Crippen molar-refractivity contribution in [3.8, 4) is 11.4 Å². The van der Waals surface area contributed by atoms with E-state index in [4.69, 9.17) is 4.74 Å². The van der Waals surface area contributed by atoms with Gasteiger partial charge in [0.1, 0.15) is 17.3 Å². The van der Waals surface area contributed by atoms with Crippen molar-refractivity contribution >= 4 is 17.9 Å². The summed E-state index contributed by atoms with van der Waals surface area (Å²) in [5.41, 5.74) is 3.82. The van der Waals surface area contributed by atoms with Crippen LogP contribution in [-0.4, -0.2) is 40.0 Å². The van der Waals surface area contributed by atoms with Crippen molar-refractivity contribution < 1.29 is 13.9 Å². The van der Waals surface area contributed by atoms with Gasteiger partial charge in [0.25, 0.3) is 5.91 Å². The van der Waals surface area contributed by atoms with E-state index in [2.05, 4.69) is 22.2 Å². The summed E-state index contributed by atoms with van der Waals surface area (Å²) < 4.78 is 21.0. The number of rotatable bonds is 8. The lowest BCUT2D eigenvalue weighted by atomic mass is 10.1. The van der Waals surface area contributed by atoms with Crippen LogP contribution in [0.3, 0.4) is 0 Å². The topological polar surface area (TPSA) is 71.7 Å². The maximum absolute atomic E-state index is 13.5. The van der Waals surface area contributed by atoms with Crippen LogP contribution < -0.4 is 10.1 Å². The molecule has 35 heavy (non-hydrogen) atoms. The summed E-state index contributed by atoms with van der Waals surface area (Å²) in [5.74, 6) is 0.664. The lowest BCUT2D eigenvalue weighted by molar-refractivity contribution is -0.123. The molecule has 8 heteroatoms. The standard InChI is InChI=1S/C27H30FN5O2/c1-5-6-13-29-27-31-23(26(34)33(27)19(3)21-8-10-22(28)11-9-21)14-20-7-12-24(25(15-20)35-4)32-16-18(2)30-17-32/h7-12,14-17,19H,5-6,13H2,1-4H3,(H,29,31)/b23-14-. The van der Waals surface area contributed by atoms with E-state index in [-0.39, 0.29) is 17.8 Å². The first-order valence-electron chi connectivity index (χ1n) is 11.7. The summed E-state index contributed by atoms with van der Waals surface area (Å²) in [6, 6.07) is 11.6. The second-order valence-electron chi connectivity index (χ2n) is 8.50. The third-order valence-corrected chi connectivity index (χ3v) is 5.94. The van der Waals surface area contributed by atoms with Gasteiger partial charge in [0, 0.05) is 12.7 Å². The number of aryl methyl sites for hydroxylation is 1. The second kappa shape index (κ2) is 10.5. The molecule has 0 spiro atoms. The van der Waals surface area contributed by atoms with Gasteiger partial charge < -0.3 is 14.6 Å². The fourth-order valence-electron chi connectivity index (χ4n) is 3.98. The van der Waals surface area contributed by atoms with Crippen molar-refractivity contribution in [2.24, 2.45) is 4.99 Å². The van der Waals surface area contributed by atoms with Crippen molar-refractivity contribution in [1.82, 2.24) is 19.8 Å². The first-order chi connectivity index (χ1) is 16.9. The Morgan fingerprint density at radius 2 is 2.00 bits per heavy atom. The van der Waals surface area contributed by atoms with Crippen LogP contribution in [-0.2, 0) is 4.79 Å². The Labute approximate surface area is 205 Å². The number of imidazole rings is 1. The summed E-state index contributed by atoms with van der Waals surface area (Å²) in [4.78, 5) is 24.0. The fraction of sp³-hybridized carbons (Fsp3) is 0.296. The Kier molecular flexibility index (Phi) is 7.29. The monoisotopic (exact) mass is 475 g/mol. The van der Waals surface area contributed by atoms with Crippen LogP contribution in [0.25, 0.3) is 11.8 Å². The number of unbranched alkanes of at least 4 members (excludes halogenated alkanes) is 1. The molecule has 2 aromatic carbocycles. The maximum Gasteiger partial charge on any atom is 0.277 e. The molecule has 3 aromatic rings. The Morgan fingerprint density at radius 3 is 2.66 bits per heavy atom. The Morgan fingerprint density at radius 1 is 1.23 bits per heavy atom. The molecule has 1 aromatic heterocycles. The van der Waals surface area contributed by atoms with Crippen LogP contribution in [0.5, 0.6) is 5.75 Å². The van der Waals surface area contributed by atoms with Crippen molar-refractivity contribution in [2.75, 3.05) is 13.7 Å². The number of hydrogen-bond donors (Lipinski definition) is 1. The molecule has 1 atom stereocenters. The Bertz CT molecular complexity index is 1260. The molecular weight excluding hydrogens is 445 g/mol. The molecule has 4 rings (SSSR count). The number of guanidine groups is 1. The fourth-order valence-corrected chi connectivity index (χ4v) is 3.98. The zero-order chi connectivity index (χ0) is 24.9. The van der Waals surface area contributed by atoms with Crippen molar-refractivity contribution in [3.63, 3.8) is 0 Å². The van der Waals surface area contributed by atoms with Crippen molar-refractivity contribution in [2.45, 2.75) is 39.7 Å². The Balaban J connectivity index is 1.66. The highest BCUT2D eigenvalue weighted by Gasteiger charge is 2.36. The van der Waals surface area contributed by atoms with Gasteiger partial charge in [0.15, 0.2) is 0 Å². The van der Waals surface area contributed by atoms with E-state index in [1.165, 1.54) is 12.1 Å². The first-order valence-corrected chi connectivity index (χ1v) is 11.7. The number of hydrogen-bond acceptors (Lipinski definition) is 4. The molecule has 1 fully saturated rings. The minimum atomic E-state index is -0.316. The summed E-state index contributed by atoms with van der Waals surface area (Å²) in [6.45, 7) is 6.55. The van der Waals surface area contributed by atoms with Crippen LogP contribution >= 0.6 is 0 Å². The van der Waals surface area contributed by atoms with E-state index in [1.807, 2.05) is 42.8 Å². The van der Waals surface area contributed by atoms with Crippen LogP contribution in [0, 0.1) is 12.7 Å². The number of carbonyl (C=O) groups is 1. The number of aromatic nitrogens is 2. The van der Waals surface area contributed by atoms with Crippen LogP contribution in [0.15, 0.2) is 65.7 Å². The van der Waals surface area contributed by atoms with Gasteiger partial charge in [-0.3, -0.25) is 14.7 Å². The highest BCUT2D eigenvalue weighted by atomic mass is 19.1. The maximum atomic E-state index is 13.5. The van der Waals surface area contributed by atoms with Gasteiger partial charge in [0.05, 0.1) is 30.9 Å². The third-order valence-electron chi connectivity index (χ3n) is 5.94. The van der Waals surface area contributed by atoms with Gasteiger partial charge in [-0.25, -0.2) is 9.37 Å². The highest BCUT2D eigenvalue weighted by molar-refractivity contribution is 6.15. The normalized spacial score (nSPS) is 16.7. The third kappa shape index (κ3) is 5.26. The molecule has 1 amide bonds. The van der Waals surface area contributed by atoms with Gasteiger partial charge in [-0.05, 0) is 61.7 Å². The minimum Gasteiger partial charge on any atom is -0.495 e. The quantitative estimate of drug-likeness (QED) is 0.367. The largest absolute Gasteiger partial charge is 0.495 e. The molecule has 1 unspecified atom stereocenters. The van der Waals surface area contributed by atoms with E-state index < -0.39 is 0 Å². The molecule has 2 heterocycles. The molecule has 0 saturated carbocycles. The first kappa shape index (κ1) is 24.2. The molecule has 0 bridgehead atoms. The van der Waals surface area contributed by atoms with Crippen LogP contribution in [0.4, 0.5) is 4.39 Å². The number of benzene rings is 2. The number of nitrogens with one attached hydrogen (secondary N) is 1. The SMILES string of the molecule is CCCC/N=C1\N/C(=C\c2ccc(-n3cnc(C)c3)c(OC)c2)C(=O)N1C(C)c1ccc(F)cc1. The van der Waals surface area contributed by atoms with Crippen molar-refractivity contribution in [1.29, 1.82) is 0 Å². The molecule has 1 N–H and O–H groups in total. The number of halogens is 1. The van der Waals surface area contributed by atoms with E-state index in [0.717, 1.165) is 35.3 Å². The smallest absolute Gasteiger partial charge is 0.277 e. The zero-order valence-electron chi connectivity index (χ0n) is 20.5. The van der Waals surface area contributed by atoms with Gasteiger partial charge in [-0.15, -0.1) is 0 Å². The summed E-state index contributed by atoms with van der Waals surface area (Å²) in [7, 11) is 1.61. The molecule has 0 radical (unpaired) electrons. The van der Waals surface area contributed by atoms with E-state index in [1.54, 1.807) is 36.5 Å². The minimum absolute atomic E-state index is 0.189. The number of amides is 1. The van der Waals surface area contributed by atoms with Gasteiger partial charge in [-0.1, -0.05) is 31.5 Å². The molecular formula is C27H30FN5O2.